The van der Waals surface area contributed by atoms with Gasteiger partial charge in [-0.3, -0.25) is 9.59 Å². The number of hydrogen-bond donors (Lipinski definition) is 1. The number of aliphatic hydroxyl groups is 1. The van der Waals surface area contributed by atoms with Gasteiger partial charge in [0, 0.05) is 6.42 Å². The average molecular weight is 723 g/mol. The Bertz CT molecular complexity index is 999. The molecular weight excluding hydrogens is 645 g/mol. The van der Waals surface area contributed by atoms with E-state index in [0.29, 0.717) is 6.42 Å². The third-order valence-corrected chi connectivity index (χ3v) is 8.71. The second-order valence-electron chi connectivity index (χ2n) is 13.7. The summed E-state index contributed by atoms with van der Waals surface area (Å²) in [7, 11) is 0. The fraction of sp³-hybridized carbons (Fsp3) is 0.660. The summed E-state index contributed by atoms with van der Waals surface area (Å²) in [6, 6.07) is 0. The van der Waals surface area contributed by atoms with Crippen LogP contribution in [0.4, 0.5) is 0 Å². The zero-order valence-corrected chi connectivity index (χ0v) is 33.5. The van der Waals surface area contributed by atoms with Crippen LogP contribution in [0.5, 0.6) is 0 Å². The molecule has 296 valence electrons. The zero-order valence-electron chi connectivity index (χ0n) is 33.5. The van der Waals surface area contributed by atoms with Crippen LogP contribution in [0.2, 0.25) is 0 Å². The lowest BCUT2D eigenvalue weighted by atomic mass is 10.0. The molecule has 1 N–H and O–H groups in total. The van der Waals surface area contributed by atoms with Crippen molar-refractivity contribution in [2.24, 2.45) is 0 Å². The lowest BCUT2D eigenvalue weighted by molar-refractivity contribution is -0.160. The van der Waals surface area contributed by atoms with Gasteiger partial charge in [0.05, 0.1) is 13.0 Å². The summed E-state index contributed by atoms with van der Waals surface area (Å²) in [6.07, 6.45) is 58.2. The first-order valence-corrected chi connectivity index (χ1v) is 21.1. The van der Waals surface area contributed by atoms with Crippen LogP contribution < -0.4 is 0 Å². The van der Waals surface area contributed by atoms with E-state index in [1.165, 1.54) is 96.3 Å². The van der Waals surface area contributed by atoms with Crippen molar-refractivity contribution < 1.29 is 24.2 Å². The number of rotatable bonds is 37. The van der Waals surface area contributed by atoms with E-state index in [1.807, 2.05) is 6.08 Å². The van der Waals surface area contributed by atoms with Crippen LogP contribution >= 0.6 is 0 Å². The largest absolute Gasteiger partial charge is 0.462 e. The highest BCUT2D eigenvalue weighted by Crippen LogP contribution is 2.13. The summed E-state index contributed by atoms with van der Waals surface area (Å²) in [6.45, 7) is 3.92. The normalized spacial score (nSPS) is 13.1. The summed E-state index contributed by atoms with van der Waals surface area (Å²) in [4.78, 5) is 24.2. The van der Waals surface area contributed by atoms with E-state index in [1.54, 1.807) is 6.08 Å². The Morgan fingerprint density at radius 3 is 1.35 bits per heavy atom. The molecule has 0 aromatic carbocycles. The number of hydrogen-bond acceptors (Lipinski definition) is 5. The van der Waals surface area contributed by atoms with Gasteiger partial charge < -0.3 is 14.6 Å². The predicted octanol–water partition coefficient (Wildman–Crippen LogP) is 13.5. The van der Waals surface area contributed by atoms with Crippen LogP contribution in [0.3, 0.4) is 0 Å². The molecule has 52 heavy (non-hydrogen) atoms. The minimum absolute atomic E-state index is 0.111. The molecule has 0 heterocycles. The van der Waals surface area contributed by atoms with Crippen molar-refractivity contribution in [3.8, 4) is 0 Å². The molecule has 0 aliphatic rings. The molecule has 0 rings (SSSR count). The maximum atomic E-state index is 12.1. The number of aliphatic hydroxyl groups excluding tert-OH is 1. The van der Waals surface area contributed by atoms with Crippen LogP contribution in [-0.2, 0) is 19.1 Å². The lowest BCUT2D eigenvalue weighted by Crippen LogP contribution is -2.28. The Hall–Kier alpha value is -2.92. The highest BCUT2D eigenvalue weighted by Gasteiger charge is 2.15. The molecule has 0 radical (unpaired) electrons. The molecule has 1 unspecified atom stereocenters. The Labute approximate surface area is 320 Å². The Kier molecular flexibility index (Phi) is 40.1. The molecule has 0 saturated heterocycles. The molecule has 5 nitrogen and oxygen atoms in total. The van der Waals surface area contributed by atoms with Gasteiger partial charge in [-0.15, -0.1) is 0 Å². The molecule has 0 saturated carbocycles. The van der Waals surface area contributed by atoms with Crippen LogP contribution in [0.1, 0.15) is 181 Å². The molecule has 5 heteroatoms. The van der Waals surface area contributed by atoms with Gasteiger partial charge in [0.1, 0.15) is 6.61 Å². The number of allylic oxidation sites excluding steroid dienone is 13. The van der Waals surface area contributed by atoms with Gasteiger partial charge in [0.15, 0.2) is 6.10 Å². The predicted molar refractivity (Wildman–Crippen MR) is 223 cm³/mol. The SMILES string of the molecule is CC/C=C\C/C=C\C/C=C\C/C=C\C/C=C\CC(=O)OC(CO)COC(=O)CCCCCCCCCCCCC/C=C\C/C=C\CCCCCCC. The number of carbonyl (C=O) groups is 2. The van der Waals surface area contributed by atoms with Crippen LogP contribution in [0, 0.1) is 0 Å². The minimum Gasteiger partial charge on any atom is -0.462 e. The highest BCUT2D eigenvalue weighted by atomic mass is 16.6. The first-order valence-electron chi connectivity index (χ1n) is 21.1. The van der Waals surface area contributed by atoms with E-state index in [-0.39, 0.29) is 25.6 Å². The molecule has 0 aliphatic heterocycles. The van der Waals surface area contributed by atoms with Gasteiger partial charge in [0.25, 0.3) is 0 Å². The topological polar surface area (TPSA) is 72.8 Å². The fourth-order valence-electron chi connectivity index (χ4n) is 5.54. The molecule has 0 bridgehead atoms. The second kappa shape index (κ2) is 42.5. The van der Waals surface area contributed by atoms with E-state index in [4.69, 9.17) is 9.47 Å². The van der Waals surface area contributed by atoms with Crippen LogP contribution in [0.15, 0.2) is 85.1 Å². The molecule has 0 aliphatic carbocycles. The quantitative estimate of drug-likeness (QED) is 0.0393. The second-order valence-corrected chi connectivity index (χ2v) is 13.7. The number of unbranched alkanes of at least 4 members (excludes halogenated alkanes) is 16. The number of carbonyl (C=O) groups excluding carboxylic acids is 2. The van der Waals surface area contributed by atoms with Gasteiger partial charge in [-0.1, -0.05) is 182 Å². The van der Waals surface area contributed by atoms with Crippen molar-refractivity contribution in [2.75, 3.05) is 13.2 Å². The average Bonchev–Trinajstić information content (AvgIpc) is 3.15. The fourth-order valence-corrected chi connectivity index (χ4v) is 5.54. The molecule has 0 fully saturated rings. The molecule has 0 amide bonds. The number of ether oxygens (including phenoxy) is 2. The summed E-state index contributed by atoms with van der Waals surface area (Å²) < 4.78 is 10.5. The molecule has 0 aromatic rings. The van der Waals surface area contributed by atoms with E-state index in [0.717, 1.165) is 57.8 Å². The van der Waals surface area contributed by atoms with Crippen molar-refractivity contribution in [1.29, 1.82) is 0 Å². The molecule has 1 atom stereocenters. The Balaban J connectivity index is 3.64. The zero-order chi connectivity index (χ0) is 37.8. The Morgan fingerprint density at radius 2 is 0.885 bits per heavy atom. The van der Waals surface area contributed by atoms with Crippen LogP contribution in [0.25, 0.3) is 0 Å². The van der Waals surface area contributed by atoms with Crippen molar-refractivity contribution in [1.82, 2.24) is 0 Å². The van der Waals surface area contributed by atoms with E-state index in [9.17, 15) is 14.7 Å². The monoisotopic (exact) mass is 723 g/mol. The van der Waals surface area contributed by atoms with Gasteiger partial charge in [-0.05, 0) is 70.6 Å². The third-order valence-electron chi connectivity index (χ3n) is 8.71. The Morgan fingerprint density at radius 1 is 0.481 bits per heavy atom. The lowest BCUT2D eigenvalue weighted by Gasteiger charge is -2.15. The highest BCUT2D eigenvalue weighted by molar-refractivity contribution is 5.71. The summed E-state index contributed by atoms with van der Waals surface area (Å²) in [5.74, 6) is -0.745. The summed E-state index contributed by atoms with van der Waals surface area (Å²) in [5, 5.41) is 9.55. The van der Waals surface area contributed by atoms with Crippen molar-refractivity contribution in [3.05, 3.63) is 85.1 Å². The standard InChI is InChI=1S/C47H78O5/c1-3-5-7-9-11-13-15-17-19-20-21-22-23-24-25-26-28-29-31-33-35-37-39-41-46(49)51-44-45(43-48)52-47(50)42-40-38-36-34-32-30-27-18-16-14-12-10-8-6-4-2/h6,8,12,14-15,17-18,20-21,27,32,34,38,40,45,48H,3-5,7,9-11,13,16,19,22-26,28-31,33,35-37,39,41-44H2,1-2H3/b8-6-,14-12-,17-15-,21-20-,27-18-,34-32-,40-38-. The van der Waals surface area contributed by atoms with Gasteiger partial charge >= 0.3 is 11.9 Å². The van der Waals surface area contributed by atoms with E-state index >= 15 is 0 Å². The first-order chi connectivity index (χ1) is 25.6. The maximum Gasteiger partial charge on any atom is 0.310 e. The third kappa shape index (κ3) is 39.9. The first kappa shape index (κ1) is 49.1. The van der Waals surface area contributed by atoms with Crippen molar-refractivity contribution in [2.45, 2.75) is 187 Å². The van der Waals surface area contributed by atoms with Crippen molar-refractivity contribution >= 4 is 11.9 Å². The van der Waals surface area contributed by atoms with E-state index in [2.05, 4.69) is 86.8 Å². The van der Waals surface area contributed by atoms with Crippen LogP contribution in [-0.4, -0.2) is 36.4 Å². The van der Waals surface area contributed by atoms with Crippen molar-refractivity contribution in [3.63, 3.8) is 0 Å². The van der Waals surface area contributed by atoms with E-state index < -0.39 is 12.1 Å². The summed E-state index contributed by atoms with van der Waals surface area (Å²) in [5.41, 5.74) is 0. The molecule has 0 aromatic heterocycles. The molecule has 0 spiro atoms. The summed E-state index contributed by atoms with van der Waals surface area (Å²) >= 11 is 0. The molecular formula is C47H78O5. The minimum atomic E-state index is -0.831. The van der Waals surface area contributed by atoms with Gasteiger partial charge in [-0.25, -0.2) is 0 Å². The van der Waals surface area contributed by atoms with Gasteiger partial charge in [-0.2, -0.15) is 0 Å². The maximum absolute atomic E-state index is 12.1. The number of esters is 2. The van der Waals surface area contributed by atoms with Gasteiger partial charge in [0.2, 0.25) is 0 Å². The smallest absolute Gasteiger partial charge is 0.310 e.